The molecule has 15 atom stereocenters. The third-order valence-electron chi connectivity index (χ3n) is 13.8. The number of aliphatic hydroxyl groups excluding tert-OH is 1. The number of hydrogen-bond donors (Lipinski definition) is 2. The summed E-state index contributed by atoms with van der Waals surface area (Å²) in [4.78, 5) is 42.4. The fraction of sp³-hybridized carbons (Fsp3) is 0.757. The molecule has 6 aliphatic rings. The van der Waals surface area contributed by atoms with Crippen molar-refractivity contribution in [3.8, 4) is 5.75 Å². The first kappa shape index (κ1) is 36.5. The Morgan fingerprint density at radius 1 is 0.902 bits per heavy atom. The molecule has 14 nitrogen and oxygen atoms in total. The summed E-state index contributed by atoms with van der Waals surface area (Å²) < 4.78 is 49.3. The number of fused-ring (bicyclic) bond motifs is 2. The highest BCUT2D eigenvalue weighted by Gasteiger charge is 2.92. The van der Waals surface area contributed by atoms with Gasteiger partial charge in [-0.15, -0.1) is 0 Å². The number of hydrogen-bond acceptors (Lipinski definition) is 14. The number of benzene rings is 1. The molecule has 5 aliphatic carbocycles. The molecule has 51 heavy (non-hydrogen) atoms. The molecule has 7 bridgehead atoms. The molecule has 14 heteroatoms. The van der Waals surface area contributed by atoms with Crippen LogP contribution in [-0.4, -0.2) is 142 Å². The molecule has 1 saturated heterocycles. The highest BCUT2D eigenvalue weighted by molar-refractivity contribution is 5.89. The van der Waals surface area contributed by atoms with E-state index in [4.69, 9.17) is 37.9 Å². The van der Waals surface area contributed by atoms with Gasteiger partial charge in [0, 0.05) is 89.9 Å². The van der Waals surface area contributed by atoms with Crippen molar-refractivity contribution in [3.63, 3.8) is 0 Å². The Kier molecular flexibility index (Phi) is 9.04. The van der Waals surface area contributed by atoms with Crippen molar-refractivity contribution in [3.05, 3.63) is 29.8 Å². The molecule has 1 aliphatic heterocycles. The number of carbonyl (C=O) groups is 3. The molecule has 1 spiro atoms. The molecule has 1 aromatic rings. The van der Waals surface area contributed by atoms with Crippen molar-refractivity contribution in [2.24, 2.45) is 34.5 Å². The maximum absolute atomic E-state index is 14.0. The molecule has 282 valence electrons. The predicted octanol–water partition coefficient (Wildman–Crippen LogP) is 1.23. The maximum Gasteiger partial charge on any atom is 0.338 e. The number of ether oxygens (including phenoxy) is 8. The lowest BCUT2D eigenvalue weighted by molar-refractivity contribution is -0.322. The SMILES string of the molecule is CCN1C[C@]2(COC)[C@H](OC(C)=O)C[C@H](OC)C34C1C([C@H](OC)[C@@H]32)[C@]1(OC(C)=O)[C@H]2[C@@H](OC(=O)c3ccc(OC)cc3)[C@@](O)(C[C@@H]24)[C@@H](OC)[C@@H]1O. The zero-order chi connectivity index (χ0) is 36.8. The number of piperidine rings is 1. The van der Waals surface area contributed by atoms with Gasteiger partial charge in [-0.1, -0.05) is 6.92 Å². The molecule has 0 aromatic heterocycles. The molecular weight excluding hydrogens is 666 g/mol. The van der Waals surface area contributed by atoms with Gasteiger partial charge in [0.25, 0.3) is 0 Å². The van der Waals surface area contributed by atoms with Gasteiger partial charge in [-0.25, -0.2) is 4.79 Å². The van der Waals surface area contributed by atoms with Crippen LogP contribution in [0.4, 0.5) is 0 Å². The fourth-order valence-corrected chi connectivity index (χ4v) is 12.8. The normalized spacial score (nSPS) is 46.0. The molecule has 0 radical (unpaired) electrons. The van der Waals surface area contributed by atoms with Crippen LogP contribution in [0.15, 0.2) is 24.3 Å². The minimum absolute atomic E-state index is 0.0334. The van der Waals surface area contributed by atoms with Gasteiger partial charge in [0.2, 0.25) is 0 Å². The quantitative estimate of drug-likeness (QED) is 0.248. The lowest BCUT2D eigenvalue weighted by Crippen LogP contribution is -2.81. The Labute approximate surface area is 297 Å². The van der Waals surface area contributed by atoms with Crippen LogP contribution in [0.5, 0.6) is 5.75 Å². The second-order valence-corrected chi connectivity index (χ2v) is 15.4. The lowest BCUT2D eigenvalue weighted by Gasteiger charge is -2.70. The summed E-state index contributed by atoms with van der Waals surface area (Å²) in [7, 11) is 7.75. The van der Waals surface area contributed by atoms with E-state index in [-0.39, 0.29) is 18.6 Å². The zero-order valence-corrected chi connectivity index (χ0v) is 30.5. The van der Waals surface area contributed by atoms with Crippen molar-refractivity contribution >= 4 is 17.9 Å². The van der Waals surface area contributed by atoms with Gasteiger partial charge in [0.05, 0.1) is 31.5 Å². The molecule has 3 unspecified atom stereocenters. The van der Waals surface area contributed by atoms with E-state index < -0.39 is 106 Å². The third kappa shape index (κ3) is 4.50. The summed E-state index contributed by atoms with van der Waals surface area (Å²) in [6, 6.07) is 6.03. The van der Waals surface area contributed by atoms with E-state index in [1.54, 1.807) is 45.6 Å². The highest BCUT2D eigenvalue weighted by atomic mass is 16.6. The van der Waals surface area contributed by atoms with E-state index in [1.165, 1.54) is 28.1 Å². The van der Waals surface area contributed by atoms with Crippen LogP contribution >= 0.6 is 0 Å². The average molecular weight is 718 g/mol. The number of methoxy groups -OCH3 is 5. The van der Waals surface area contributed by atoms with Gasteiger partial charge in [-0.3, -0.25) is 14.5 Å². The van der Waals surface area contributed by atoms with E-state index in [0.29, 0.717) is 25.3 Å². The van der Waals surface area contributed by atoms with Crippen LogP contribution in [0.1, 0.15) is 44.0 Å². The first-order valence-corrected chi connectivity index (χ1v) is 17.8. The summed E-state index contributed by atoms with van der Waals surface area (Å²) >= 11 is 0. The maximum atomic E-state index is 14.0. The Morgan fingerprint density at radius 2 is 1.61 bits per heavy atom. The van der Waals surface area contributed by atoms with E-state index in [0.717, 1.165) is 0 Å². The van der Waals surface area contributed by atoms with Crippen LogP contribution in [0.25, 0.3) is 0 Å². The molecule has 5 saturated carbocycles. The molecule has 7 rings (SSSR count). The molecule has 0 amide bonds. The second-order valence-electron chi connectivity index (χ2n) is 15.4. The van der Waals surface area contributed by atoms with Crippen molar-refractivity contribution < 1.29 is 62.5 Å². The summed E-state index contributed by atoms with van der Waals surface area (Å²) in [5.41, 5.74) is -5.07. The number of likely N-dealkylation sites (tertiary alicyclic amines) is 1. The molecule has 1 aromatic carbocycles. The van der Waals surface area contributed by atoms with Crippen LogP contribution in [0.3, 0.4) is 0 Å². The summed E-state index contributed by atoms with van der Waals surface area (Å²) in [6.07, 6.45) is -5.60. The van der Waals surface area contributed by atoms with Crippen LogP contribution < -0.4 is 4.74 Å². The summed E-state index contributed by atoms with van der Waals surface area (Å²) in [5.74, 6) is -3.84. The first-order valence-electron chi connectivity index (χ1n) is 17.8. The van der Waals surface area contributed by atoms with Crippen molar-refractivity contribution in [2.75, 3.05) is 55.2 Å². The standard InChI is InChI=1S/C37H51NO13/c1-9-38-16-34(17-44-4)23(49-18(2)39)14-24(46-6)36-22-15-35(43)31(50-33(42)20-10-12-21(45-5)13-11-20)25(22)37(51-19(3)40,30(41)32(35)48-8)26(29(36)38)27(47-7)28(34)36/h10-13,22-32,41,43H,9,14-17H2,1-8H3/t22-,23+,24-,25+,26?,27-,28+,29?,30-,31+,32-,34-,35-,36?,37+/m0/s1. The monoisotopic (exact) mass is 717 g/mol. The topological polar surface area (TPSA) is 169 Å². The van der Waals surface area contributed by atoms with E-state index in [9.17, 15) is 24.6 Å². The number of aliphatic hydroxyl groups is 2. The Hall–Kier alpha value is -2.85. The van der Waals surface area contributed by atoms with Gasteiger partial charge < -0.3 is 48.1 Å². The minimum Gasteiger partial charge on any atom is -0.497 e. The Balaban J connectivity index is 1.50. The molecular formula is C37H51NO13. The van der Waals surface area contributed by atoms with Gasteiger partial charge in [-0.2, -0.15) is 0 Å². The van der Waals surface area contributed by atoms with Gasteiger partial charge >= 0.3 is 17.9 Å². The summed E-state index contributed by atoms with van der Waals surface area (Å²) in [6.45, 7) is 5.95. The molecule has 6 fully saturated rings. The highest BCUT2D eigenvalue weighted by Crippen LogP contribution is 2.80. The van der Waals surface area contributed by atoms with Gasteiger partial charge in [0.1, 0.15) is 35.8 Å². The summed E-state index contributed by atoms with van der Waals surface area (Å²) in [5, 5.41) is 25.6. The van der Waals surface area contributed by atoms with Crippen LogP contribution in [-0.2, 0) is 42.7 Å². The molecule has 1 heterocycles. The average Bonchev–Trinajstić information content (AvgIpc) is 3.47. The van der Waals surface area contributed by atoms with Crippen molar-refractivity contribution in [1.29, 1.82) is 0 Å². The molecule has 2 N–H and O–H groups in total. The predicted molar refractivity (Wildman–Crippen MR) is 177 cm³/mol. The van der Waals surface area contributed by atoms with E-state index in [1.807, 2.05) is 6.92 Å². The number of carbonyl (C=O) groups excluding carboxylic acids is 3. The first-order chi connectivity index (χ1) is 24.3. The zero-order valence-electron chi connectivity index (χ0n) is 30.5. The lowest BCUT2D eigenvalue weighted by atomic mass is 9.42. The van der Waals surface area contributed by atoms with E-state index in [2.05, 4.69) is 4.90 Å². The third-order valence-corrected chi connectivity index (χ3v) is 13.8. The van der Waals surface area contributed by atoms with Gasteiger partial charge in [0.15, 0.2) is 5.60 Å². The largest absolute Gasteiger partial charge is 0.497 e. The Morgan fingerprint density at radius 3 is 2.16 bits per heavy atom. The van der Waals surface area contributed by atoms with Crippen LogP contribution in [0, 0.1) is 34.5 Å². The van der Waals surface area contributed by atoms with Gasteiger partial charge in [-0.05, 0) is 43.1 Å². The minimum atomic E-state index is -1.89. The number of nitrogens with zero attached hydrogens (tertiary/aromatic N) is 1. The number of esters is 3. The number of rotatable bonds is 11. The van der Waals surface area contributed by atoms with Crippen molar-refractivity contribution in [1.82, 2.24) is 4.90 Å². The fourth-order valence-electron chi connectivity index (χ4n) is 12.8. The van der Waals surface area contributed by atoms with Crippen LogP contribution in [0.2, 0.25) is 0 Å². The Bertz CT molecular complexity index is 1540. The van der Waals surface area contributed by atoms with Crippen molar-refractivity contribution in [2.45, 2.75) is 87.5 Å². The second kappa shape index (κ2) is 12.6. The van der Waals surface area contributed by atoms with E-state index >= 15 is 0 Å². The smallest absolute Gasteiger partial charge is 0.338 e.